The van der Waals surface area contributed by atoms with Crippen LogP contribution < -0.4 is 11.1 Å². The molecule has 0 saturated carbocycles. The number of halogens is 2. The number of fused-ring (bicyclic) bond motifs is 1. The molecule has 0 bridgehead atoms. The van der Waals surface area contributed by atoms with Gasteiger partial charge in [-0.3, -0.25) is 4.79 Å². The van der Waals surface area contributed by atoms with Gasteiger partial charge in [-0.15, -0.1) is 0 Å². The molecular weight excluding hydrogens is 414 g/mol. The van der Waals surface area contributed by atoms with Gasteiger partial charge in [-0.05, 0) is 49.2 Å². The summed E-state index contributed by atoms with van der Waals surface area (Å²) in [7, 11) is -2.42. The Kier molecular flexibility index (Phi) is 5.62. The second-order valence-corrected chi connectivity index (χ2v) is 9.17. The third-order valence-corrected chi connectivity index (χ3v) is 6.63. The molecule has 0 saturated heterocycles. The largest absolute Gasteiger partial charge is 0.368 e. The van der Waals surface area contributed by atoms with E-state index in [9.17, 15) is 22.0 Å². The molecule has 10 heteroatoms. The molecule has 0 atom stereocenters. The Morgan fingerprint density at radius 1 is 1.20 bits per heavy atom. The van der Waals surface area contributed by atoms with Crippen LogP contribution in [0.4, 0.5) is 14.7 Å². The molecule has 0 aliphatic rings. The van der Waals surface area contributed by atoms with Gasteiger partial charge in [-0.1, -0.05) is 6.07 Å². The SMILES string of the molecule is CNC(=O)/C=C(\c1ccc2nc(N)n(S(=O)(=O)C(C)C)c2c1)c1ccc(F)cc1F. The molecule has 30 heavy (non-hydrogen) atoms. The van der Waals surface area contributed by atoms with E-state index in [1.807, 2.05) is 0 Å². The minimum Gasteiger partial charge on any atom is -0.368 e. The summed E-state index contributed by atoms with van der Waals surface area (Å²) in [6.07, 6.45) is 1.15. The Hall–Kier alpha value is -3.27. The average Bonchev–Trinajstić information content (AvgIpc) is 3.01. The Labute approximate surface area is 172 Å². The second-order valence-electron chi connectivity index (χ2n) is 6.83. The van der Waals surface area contributed by atoms with Crippen LogP contribution in [0.5, 0.6) is 0 Å². The lowest BCUT2D eigenvalue weighted by molar-refractivity contribution is -0.116. The predicted octanol–water partition coefficient (Wildman–Crippen LogP) is 2.66. The van der Waals surface area contributed by atoms with E-state index < -0.39 is 32.8 Å². The number of nitrogens with zero attached hydrogens (tertiary/aromatic N) is 2. The summed E-state index contributed by atoms with van der Waals surface area (Å²) in [6.45, 7) is 3.02. The molecule has 158 valence electrons. The van der Waals surface area contributed by atoms with Crippen LogP contribution in [0, 0.1) is 11.6 Å². The molecule has 0 spiro atoms. The number of carbonyl (C=O) groups excluding carboxylic acids is 1. The number of carbonyl (C=O) groups is 1. The number of amides is 1. The third kappa shape index (κ3) is 3.78. The Balaban J connectivity index is 2.31. The van der Waals surface area contributed by atoms with Crippen LogP contribution >= 0.6 is 0 Å². The van der Waals surface area contributed by atoms with Crippen molar-refractivity contribution in [1.29, 1.82) is 0 Å². The van der Waals surface area contributed by atoms with Crippen LogP contribution in [0.3, 0.4) is 0 Å². The number of nitrogens with two attached hydrogens (primary N) is 1. The Morgan fingerprint density at radius 2 is 1.90 bits per heavy atom. The van der Waals surface area contributed by atoms with Crippen molar-refractivity contribution >= 4 is 38.5 Å². The van der Waals surface area contributed by atoms with E-state index in [1.54, 1.807) is 6.07 Å². The third-order valence-electron chi connectivity index (χ3n) is 4.54. The quantitative estimate of drug-likeness (QED) is 0.601. The number of nitrogen functional groups attached to an aromatic ring is 1. The molecule has 0 unspecified atom stereocenters. The monoisotopic (exact) mass is 434 g/mol. The van der Waals surface area contributed by atoms with E-state index in [0.29, 0.717) is 17.1 Å². The Bertz CT molecular complexity index is 1280. The molecule has 3 aromatic rings. The van der Waals surface area contributed by atoms with Crippen molar-refractivity contribution in [3.8, 4) is 0 Å². The molecule has 3 N–H and O–H groups in total. The van der Waals surface area contributed by atoms with Crippen LogP contribution in [0.15, 0.2) is 42.5 Å². The number of likely N-dealkylation sites (N-methyl/N-ethyl adjacent to an activating group) is 1. The minimum absolute atomic E-state index is 0.0231. The summed E-state index contributed by atoms with van der Waals surface area (Å²) < 4.78 is 54.3. The fourth-order valence-corrected chi connectivity index (χ4v) is 4.09. The highest BCUT2D eigenvalue weighted by Gasteiger charge is 2.25. The average molecular weight is 434 g/mol. The van der Waals surface area contributed by atoms with Crippen molar-refractivity contribution in [2.75, 3.05) is 12.8 Å². The number of hydrogen-bond acceptors (Lipinski definition) is 5. The van der Waals surface area contributed by atoms with Crippen molar-refractivity contribution < 1.29 is 22.0 Å². The van der Waals surface area contributed by atoms with E-state index in [1.165, 1.54) is 39.1 Å². The van der Waals surface area contributed by atoms with Gasteiger partial charge in [0.1, 0.15) is 11.6 Å². The molecular formula is C20H20F2N4O3S. The molecule has 0 radical (unpaired) electrons. The highest BCUT2D eigenvalue weighted by atomic mass is 32.2. The summed E-state index contributed by atoms with van der Waals surface area (Å²) >= 11 is 0. The lowest BCUT2D eigenvalue weighted by Gasteiger charge is -2.13. The van der Waals surface area contributed by atoms with E-state index >= 15 is 0 Å². The number of hydrogen-bond donors (Lipinski definition) is 2. The molecule has 3 rings (SSSR count). The van der Waals surface area contributed by atoms with Gasteiger partial charge in [-0.25, -0.2) is 26.2 Å². The first kappa shape index (κ1) is 21.4. The number of nitrogens with one attached hydrogen (secondary N) is 1. The smallest absolute Gasteiger partial charge is 0.244 e. The van der Waals surface area contributed by atoms with Crippen LogP contribution in [-0.4, -0.2) is 35.6 Å². The van der Waals surface area contributed by atoms with E-state index in [0.717, 1.165) is 16.1 Å². The van der Waals surface area contributed by atoms with Gasteiger partial charge < -0.3 is 11.1 Å². The summed E-state index contributed by atoms with van der Waals surface area (Å²) in [5, 5.41) is 1.65. The summed E-state index contributed by atoms with van der Waals surface area (Å²) in [6, 6.07) is 7.51. The molecule has 1 heterocycles. The van der Waals surface area contributed by atoms with Gasteiger partial charge in [0.25, 0.3) is 0 Å². The Morgan fingerprint density at radius 3 is 2.50 bits per heavy atom. The maximum Gasteiger partial charge on any atom is 0.244 e. The summed E-state index contributed by atoms with van der Waals surface area (Å²) in [5.74, 6) is -2.36. The van der Waals surface area contributed by atoms with Crippen molar-refractivity contribution in [1.82, 2.24) is 14.3 Å². The van der Waals surface area contributed by atoms with Crippen molar-refractivity contribution in [2.24, 2.45) is 0 Å². The molecule has 1 amide bonds. The van der Waals surface area contributed by atoms with E-state index in [-0.39, 0.29) is 22.6 Å². The number of rotatable bonds is 5. The van der Waals surface area contributed by atoms with E-state index in [2.05, 4.69) is 10.3 Å². The molecule has 2 aromatic carbocycles. The number of benzene rings is 2. The van der Waals surface area contributed by atoms with Crippen LogP contribution in [-0.2, 0) is 14.8 Å². The number of aromatic nitrogens is 2. The maximum atomic E-state index is 14.5. The fourth-order valence-electron chi connectivity index (χ4n) is 2.95. The molecule has 1 aromatic heterocycles. The molecule has 7 nitrogen and oxygen atoms in total. The molecule has 0 fully saturated rings. The zero-order valence-corrected chi connectivity index (χ0v) is 17.3. The summed E-state index contributed by atoms with van der Waals surface area (Å²) in [5.41, 5.74) is 6.80. The van der Waals surface area contributed by atoms with E-state index in [4.69, 9.17) is 5.73 Å². The van der Waals surface area contributed by atoms with Crippen LogP contribution in [0.1, 0.15) is 25.0 Å². The second kappa shape index (κ2) is 7.86. The zero-order chi connectivity index (χ0) is 22.2. The normalized spacial score (nSPS) is 12.5. The standard InChI is InChI=1S/C20H20F2N4O3S/c1-11(2)30(28,29)26-18-8-12(4-7-17(18)25-20(26)23)15(10-19(27)24-3)14-6-5-13(21)9-16(14)22/h4-11H,1-3H3,(H2,23,25)(H,24,27)/b15-10+. The van der Waals surface area contributed by atoms with Crippen LogP contribution in [0.25, 0.3) is 16.6 Å². The first-order valence-electron chi connectivity index (χ1n) is 8.97. The topological polar surface area (TPSA) is 107 Å². The van der Waals surface area contributed by atoms with Gasteiger partial charge >= 0.3 is 0 Å². The van der Waals surface area contributed by atoms with Crippen molar-refractivity contribution in [3.05, 3.63) is 65.2 Å². The first-order chi connectivity index (χ1) is 14.1. The van der Waals surface area contributed by atoms with Gasteiger partial charge in [0.15, 0.2) is 0 Å². The summed E-state index contributed by atoms with van der Waals surface area (Å²) in [4.78, 5) is 16.1. The van der Waals surface area contributed by atoms with Crippen molar-refractivity contribution in [3.63, 3.8) is 0 Å². The molecule has 0 aliphatic heterocycles. The van der Waals surface area contributed by atoms with Gasteiger partial charge in [0, 0.05) is 24.8 Å². The number of anilines is 1. The molecule has 0 aliphatic carbocycles. The lowest BCUT2D eigenvalue weighted by atomic mass is 9.96. The lowest BCUT2D eigenvalue weighted by Crippen LogP contribution is -2.23. The predicted molar refractivity (Wildman–Crippen MR) is 111 cm³/mol. The highest BCUT2D eigenvalue weighted by molar-refractivity contribution is 7.90. The van der Waals surface area contributed by atoms with Gasteiger partial charge in [-0.2, -0.15) is 0 Å². The number of imidazole rings is 1. The zero-order valence-electron chi connectivity index (χ0n) is 16.5. The highest BCUT2D eigenvalue weighted by Crippen LogP contribution is 2.30. The van der Waals surface area contributed by atoms with Crippen LogP contribution in [0.2, 0.25) is 0 Å². The van der Waals surface area contributed by atoms with Gasteiger partial charge in [0.05, 0.1) is 16.3 Å². The van der Waals surface area contributed by atoms with Crippen molar-refractivity contribution in [2.45, 2.75) is 19.1 Å². The minimum atomic E-state index is -3.83. The van der Waals surface area contributed by atoms with Gasteiger partial charge in [0.2, 0.25) is 21.9 Å². The fraction of sp³-hybridized carbons (Fsp3) is 0.200. The maximum absolute atomic E-state index is 14.5. The first-order valence-corrected chi connectivity index (χ1v) is 10.5.